The minimum atomic E-state index is -0.334. The number of hydrogen-bond donors (Lipinski definition) is 1. The van der Waals surface area contributed by atoms with Gasteiger partial charge in [0.05, 0.1) is 37.0 Å². The number of urea groups is 1. The number of hydrogen-bond acceptors (Lipinski definition) is 6. The highest BCUT2D eigenvalue weighted by atomic mass is 35.5. The Kier molecular flexibility index (Phi) is 13.9. The van der Waals surface area contributed by atoms with Crippen molar-refractivity contribution in [2.24, 2.45) is 0 Å². The number of piperazine rings is 1. The maximum absolute atomic E-state index is 13.1. The Labute approximate surface area is 289 Å². The Bertz CT molecular complexity index is 1490. The van der Waals surface area contributed by atoms with Crippen molar-refractivity contribution in [2.45, 2.75) is 26.9 Å². The first kappa shape index (κ1) is 36.5. The molecule has 1 N–H and O–H groups in total. The van der Waals surface area contributed by atoms with Gasteiger partial charge >= 0.3 is 6.03 Å². The zero-order valence-electron chi connectivity index (χ0n) is 28.2. The Balaban J connectivity index is 0.000000569. The lowest BCUT2D eigenvalue weighted by Gasteiger charge is -2.37. The number of nitrogens with zero attached hydrogens (tertiary/aromatic N) is 5. The fourth-order valence-electron chi connectivity index (χ4n) is 5.36. The van der Waals surface area contributed by atoms with Gasteiger partial charge in [0.25, 0.3) is 0 Å². The van der Waals surface area contributed by atoms with E-state index in [2.05, 4.69) is 54.9 Å². The monoisotopic (exact) mass is 674 g/mol. The molecule has 0 unspecified atom stereocenters. The SMILES string of the molecule is C=CCN(CC(=O)N1CCN(Cc2ccc(Cl)c(N3CCOCC3)c2)C(=O)C1)N(C)C(=O)NCc1ccccc1.Cc1ccc(C)cc1. The van der Waals surface area contributed by atoms with Crippen LogP contribution in [0.2, 0.25) is 5.02 Å². The molecule has 256 valence electrons. The second-order valence-electron chi connectivity index (χ2n) is 12.0. The summed E-state index contributed by atoms with van der Waals surface area (Å²) in [5.41, 5.74) is 5.57. The third-order valence-corrected chi connectivity index (χ3v) is 8.61. The predicted molar refractivity (Wildman–Crippen MR) is 191 cm³/mol. The number of benzene rings is 3. The van der Waals surface area contributed by atoms with Crippen LogP contribution in [0.1, 0.15) is 22.3 Å². The van der Waals surface area contributed by atoms with Crippen molar-refractivity contribution >= 4 is 35.1 Å². The average molecular weight is 675 g/mol. The first-order valence-corrected chi connectivity index (χ1v) is 16.6. The van der Waals surface area contributed by atoms with E-state index in [1.807, 2.05) is 48.5 Å². The Morgan fingerprint density at radius 3 is 2.23 bits per heavy atom. The van der Waals surface area contributed by atoms with Crippen LogP contribution in [0, 0.1) is 13.8 Å². The van der Waals surface area contributed by atoms with E-state index in [1.165, 1.54) is 16.1 Å². The molecule has 0 saturated carbocycles. The van der Waals surface area contributed by atoms with Crippen molar-refractivity contribution in [1.29, 1.82) is 0 Å². The summed E-state index contributed by atoms with van der Waals surface area (Å²) in [5.74, 6) is -0.342. The van der Waals surface area contributed by atoms with Crippen LogP contribution in [-0.4, -0.2) is 104 Å². The lowest BCUT2D eigenvalue weighted by Crippen LogP contribution is -2.56. The number of nitrogens with one attached hydrogen (secondary N) is 1. The van der Waals surface area contributed by atoms with E-state index in [0.29, 0.717) is 51.0 Å². The molecule has 2 heterocycles. The molecule has 11 heteroatoms. The first-order valence-electron chi connectivity index (χ1n) is 16.3. The van der Waals surface area contributed by atoms with Gasteiger partial charge in [-0.25, -0.2) is 9.80 Å². The molecule has 2 fully saturated rings. The number of rotatable bonds is 10. The van der Waals surface area contributed by atoms with Gasteiger partial charge in [-0.1, -0.05) is 89.5 Å². The molecule has 0 atom stereocenters. The van der Waals surface area contributed by atoms with Crippen LogP contribution in [0.15, 0.2) is 85.5 Å². The van der Waals surface area contributed by atoms with E-state index in [0.717, 1.165) is 29.9 Å². The van der Waals surface area contributed by atoms with Crippen molar-refractivity contribution in [2.75, 3.05) is 71.0 Å². The number of carbonyl (C=O) groups is 3. The molecule has 0 radical (unpaired) electrons. The molecule has 4 amide bonds. The number of ether oxygens (including phenoxy) is 1. The molecular weight excluding hydrogens is 628 g/mol. The number of morpholine rings is 1. The number of aryl methyl sites for hydroxylation is 2. The maximum Gasteiger partial charge on any atom is 0.331 e. The highest BCUT2D eigenvalue weighted by Crippen LogP contribution is 2.28. The van der Waals surface area contributed by atoms with Crippen molar-refractivity contribution in [3.05, 3.63) is 113 Å². The van der Waals surface area contributed by atoms with E-state index in [4.69, 9.17) is 16.3 Å². The molecular formula is C37H47ClN6O4. The highest BCUT2D eigenvalue weighted by molar-refractivity contribution is 6.33. The summed E-state index contributed by atoms with van der Waals surface area (Å²) in [5, 5.41) is 6.53. The van der Waals surface area contributed by atoms with Gasteiger partial charge < -0.3 is 24.8 Å². The molecule has 3 aromatic rings. The Morgan fingerprint density at radius 2 is 1.60 bits per heavy atom. The summed E-state index contributed by atoms with van der Waals surface area (Å²) in [6.45, 7) is 12.7. The summed E-state index contributed by atoms with van der Waals surface area (Å²) >= 11 is 6.46. The van der Waals surface area contributed by atoms with Crippen LogP contribution >= 0.6 is 11.6 Å². The van der Waals surface area contributed by atoms with Crippen molar-refractivity contribution in [3.63, 3.8) is 0 Å². The molecule has 2 saturated heterocycles. The third kappa shape index (κ3) is 10.8. The molecule has 5 rings (SSSR count). The van der Waals surface area contributed by atoms with E-state index in [-0.39, 0.29) is 30.9 Å². The summed E-state index contributed by atoms with van der Waals surface area (Å²) in [6.07, 6.45) is 1.63. The van der Waals surface area contributed by atoms with E-state index in [9.17, 15) is 14.4 Å². The number of carbonyl (C=O) groups excluding carboxylic acids is 3. The smallest absolute Gasteiger partial charge is 0.331 e. The van der Waals surface area contributed by atoms with Gasteiger partial charge in [-0.15, -0.1) is 6.58 Å². The number of amides is 4. The van der Waals surface area contributed by atoms with Gasteiger partial charge in [0.15, 0.2) is 0 Å². The molecule has 2 aliphatic rings. The second kappa shape index (κ2) is 18.2. The molecule has 2 aliphatic heterocycles. The largest absolute Gasteiger partial charge is 0.378 e. The zero-order chi connectivity index (χ0) is 34.5. The van der Waals surface area contributed by atoms with Gasteiger partial charge in [0.1, 0.15) is 0 Å². The van der Waals surface area contributed by atoms with Gasteiger partial charge in [0, 0.05) is 52.9 Å². The quantitative estimate of drug-likeness (QED) is 0.243. The minimum Gasteiger partial charge on any atom is -0.378 e. The summed E-state index contributed by atoms with van der Waals surface area (Å²) in [6, 6.07) is 23.6. The van der Waals surface area contributed by atoms with Crippen LogP contribution in [-0.2, 0) is 27.4 Å². The Morgan fingerprint density at radius 1 is 0.938 bits per heavy atom. The third-order valence-electron chi connectivity index (χ3n) is 8.29. The molecule has 3 aromatic carbocycles. The normalized spacial score (nSPS) is 14.7. The Hall–Kier alpha value is -4.38. The summed E-state index contributed by atoms with van der Waals surface area (Å²) in [4.78, 5) is 44.4. The van der Waals surface area contributed by atoms with Crippen LogP contribution in [0.4, 0.5) is 10.5 Å². The highest BCUT2D eigenvalue weighted by Gasteiger charge is 2.29. The lowest BCUT2D eigenvalue weighted by atomic mass is 10.1. The molecule has 48 heavy (non-hydrogen) atoms. The van der Waals surface area contributed by atoms with Crippen LogP contribution in [0.5, 0.6) is 0 Å². The fraction of sp³-hybridized carbons (Fsp3) is 0.378. The van der Waals surface area contributed by atoms with E-state index in [1.54, 1.807) is 27.9 Å². The lowest BCUT2D eigenvalue weighted by molar-refractivity contribution is -0.147. The van der Waals surface area contributed by atoms with Crippen molar-refractivity contribution in [1.82, 2.24) is 25.1 Å². The van der Waals surface area contributed by atoms with Gasteiger partial charge in [0.2, 0.25) is 11.8 Å². The number of halogens is 1. The molecule has 0 aromatic heterocycles. The average Bonchev–Trinajstić information content (AvgIpc) is 3.10. The van der Waals surface area contributed by atoms with Crippen molar-refractivity contribution in [3.8, 4) is 0 Å². The molecule has 0 aliphatic carbocycles. The van der Waals surface area contributed by atoms with Crippen molar-refractivity contribution < 1.29 is 19.1 Å². The summed E-state index contributed by atoms with van der Waals surface area (Å²) in [7, 11) is 1.61. The zero-order valence-corrected chi connectivity index (χ0v) is 29.0. The van der Waals surface area contributed by atoms with Crippen LogP contribution < -0.4 is 10.2 Å². The predicted octanol–water partition coefficient (Wildman–Crippen LogP) is 4.90. The van der Waals surface area contributed by atoms with Crippen LogP contribution in [0.3, 0.4) is 0 Å². The van der Waals surface area contributed by atoms with Crippen LogP contribution in [0.25, 0.3) is 0 Å². The minimum absolute atomic E-state index is 0.00537. The van der Waals surface area contributed by atoms with E-state index < -0.39 is 0 Å². The van der Waals surface area contributed by atoms with E-state index >= 15 is 0 Å². The number of hydrazine groups is 1. The molecule has 0 spiro atoms. The standard InChI is InChI=1S/C29H37ClN6O4.C8H10/c1-3-11-36(32(2)29(39)31-19-23-7-5-4-6-8-23)22-28(38)35-13-12-34(27(37)21-35)20-24-9-10-25(30)26(18-24)33-14-16-40-17-15-33;1-7-3-5-8(2)6-4-7/h3-10,18H,1,11-17,19-22H2,2H3,(H,31,39);3-6H,1-2H3. The topological polar surface area (TPSA) is 88.7 Å². The maximum atomic E-state index is 13.1. The number of anilines is 1. The summed E-state index contributed by atoms with van der Waals surface area (Å²) < 4.78 is 5.45. The van der Waals surface area contributed by atoms with Gasteiger partial charge in [-0.05, 0) is 37.1 Å². The van der Waals surface area contributed by atoms with Gasteiger partial charge in [-0.2, -0.15) is 0 Å². The molecule has 10 nitrogen and oxygen atoms in total. The molecule has 0 bridgehead atoms. The van der Waals surface area contributed by atoms with Gasteiger partial charge in [-0.3, -0.25) is 14.6 Å². The second-order valence-corrected chi connectivity index (χ2v) is 12.4. The first-order chi connectivity index (χ1) is 23.1. The fourth-order valence-corrected chi connectivity index (χ4v) is 5.60.